The Balaban J connectivity index is 1.28. The average molecular weight is 817 g/mol. The number of ether oxygens (including phenoxy) is 2. The Morgan fingerprint density at radius 2 is 0.564 bits per heavy atom. The fourth-order valence-electron chi connectivity index (χ4n) is 5.44. The molecule has 0 saturated heterocycles. The van der Waals surface area contributed by atoms with Gasteiger partial charge in [-0.15, -0.1) is 0 Å². The largest absolute Gasteiger partial charge is 0.432 e. The number of hydrogen-bond acceptors (Lipinski definition) is 2. The van der Waals surface area contributed by atoms with E-state index in [-0.39, 0.29) is 61.1 Å². The molecule has 4 rings (SSSR count). The lowest BCUT2D eigenvalue weighted by Gasteiger charge is -2.20. The van der Waals surface area contributed by atoms with Crippen LogP contribution in [0.4, 0.5) is 79.0 Å². The predicted molar refractivity (Wildman–Crippen MR) is 155 cm³/mol. The summed E-state index contributed by atoms with van der Waals surface area (Å²) in [6, 6.07) is 1.14. The normalized spacial score (nSPS) is 12.7. The minimum Gasteiger partial charge on any atom is -0.429 e. The van der Waals surface area contributed by atoms with E-state index < -0.39 is 105 Å². The molecule has 300 valence electrons. The van der Waals surface area contributed by atoms with Crippen molar-refractivity contribution in [1.82, 2.24) is 0 Å². The van der Waals surface area contributed by atoms with E-state index in [1.807, 2.05) is 0 Å². The molecule has 0 fully saturated rings. The average Bonchev–Trinajstić information content (AvgIpc) is 2.96. The molecule has 0 unspecified atom stereocenters. The zero-order chi connectivity index (χ0) is 41.3. The van der Waals surface area contributed by atoms with Crippen molar-refractivity contribution in [2.45, 2.75) is 69.5 Å². The second-order valence-electron chi connectivity index (χ2n) is 11.9. The van der Waals surface area contributed by atoms with Gasteiger partial charge in [-0.25, -0.2) is 35.1 Å². The van der Waals surface area contributed by atoms with Crippen LogP contribution in [-0.2, 0) is 37.4 Å². The first-order valence-electron chi connectivity index (χ1n) is 15.5. The molecule has 4 aromatic rings. The van der Waals surface area contributed by atoms with Crippen molar-refractivity contribution < 1.29 is 88.5 Å². The van der Waals surface area contributed by atoms with E-state index in [9.17, 15) is 79.0 Å². The summed E-state index contributed by atoms with van der Waals surface area (Å²) in [6.07, 6.45) is -19.4. The van der Waals surface area contributed by atoms with Crippen molar-refractivity contribution >= 4 is 0 Å². The molecular formula is C35H22F18O2. The third-order valence-electron chi connectivity index (χ3n) is 7.81. The van der Waals surface area contributed by atoms with Gasteiger partial charge < -0.3 is 9.47 Å². The van der Waals surface area contributed by atoms with E-state index in [0.717, 1.165) is 0 Å². The fourth-order valence-corrected chi connectivity index (χ4v) is 5.44. The zero-order valence-electron chi connectivity index (χ0n) is 27.2. The zero-order valence-corrected chi connectivity index (χ0v) is 27.2. The third-order valence-corrected chi connectivity index (χ3v) is 7.81. The van der Waals surface area contributed by atoms with Gasteiger partial charge in [0.2, 0.25) is 0 Å². The van der Waals surface area contributed by atoms with Gasteiger partial charge in [0.05, 0.1) is 0 Å². The van der Waals surface area contributed by atoms with Gasteiger partial charge in [-0.2, -0.15) is 43.9 Å². The minimum atomic E-state index is -5.52. The van der Waals surface area contributed by atoms with Crippen LogP contribution in [0.15, 0.2) is 48.5 Å². The molecule has 0 radical (unpaired) electrons. The van der Waals surface area contributed by atoms with Crippen LogP contribution in [-0.4, -0.2) is 0 Å². The number of alkyl halides is 10. The van der Waals surface area contributed by atoms with Gasteiger partial charge in [-0.1, -0.05) is 19.3 Å². The van der Waals surface area contributed by atoms with E-state index in [1.165, 1.54) is 0 Å². The number of aryl methyl sites for hydroxylation is 2. The molecule has 55 heavy (non-hydrogen) atoms. The van der Waals surface area contributed by atoms with Crippen LogP contribution in [0.2, 0.25) is 0 Å². The molecule has 0 saturated carbocycles. The molecule has 2 nitrogen and oxygen atoms in total. The van der Waals surface area contributed by atoms with Crippen molar-refractivity contribution in [1.29, 1.82) is 0 Å². The summed E-state index contributed by atoms with van der Waals surface area (Å²) in [5, 5.41) is 0. The predicted octanol–water partition coefficient (Wildman–Crippen LogP) is 12.8. The second-order valence-corrected chi connectivity index (χ2v) is 11.9. The Kier molecular flexibility index (Phi) is 12.6. The first kappa shape index (κ1) is 43.0. The highest BCUT2D eigenvalue weighted by molar-refractivity contribution is 5.36. The summed E-state index contributed by atoms with van der Waals surface area (Å²) in [7, 11) is 0. The molecule has 0 aliphatic carbocycles. The summed E-state index contributed by atoms with van der Waals surface area (Å²) in [5.74, 6) is -19.6. The maximum Gasteiger partial charge on any atom is 0.432 e. The number of halogens is 18. The SMILES string of the molecule is Fc1cc(OC(F)(F)c2c(F)cc(CCCCCCCc3cc(F)c(C(F)(F)Oc4cc(F)c(C(F)(F)F)c(F)c4)c(F)c3)cc2F)cc(F)c1C(F)(F)F. The Morgan fingerprint density at radius 3 is 0.818 bits per heavy atom. The van der Waals surface area contributed by atoms with Gasteiger partial charge in [0.1, 0.15) is 80.3 Å². The van der Waals surface area contributed by atoms with E-state index >= 15 is 0 Å². The summed E-state index contributed by atoms with van der Waals surface area (Å²) >= 11 is 0. The van der Waals surface area contributed by atoms with Gasteiger partial charge >= 0.3 is 24.6 Å². The molecule has 0 aliphatic rings. The molecule has 0 aliphatic heterocycles. The number of unbranched alkanes of at least 4 members (excludes halogenated alkanes) is 4. The topological polar surface area (TPSA) is 18.5 Å². The molecule has 0 N–H and O–H groups in total. The van der Waals surface area contributed by atoms with Crippen LogP contribution in [0.1, 0.15) is 65.5 Å². The first-order valence-corrected chi connectivity index (χ1v) is 15.5. The van der Waals surface area contributed by atoms with Gasteiger partial charge in [0, 0.05) is 24.3 Å². The van der Waals surface area contributed by atoms with Gasteiger partial charge in [0.15, 0.2) is 0 Å². The van der Waals surface area contributed by atoms with Gasteiger partial charge in [-0.05, 0) is 61.1 Å². The first-order chi connectivity index (χ1) is 25.3. The van der Waals surface area contributed by atoms with Crippen LogP contribution < -0.4 is 9.47 Å². The summed E-state index contributed by atoms with van der Waals surface area (Å²) < 4.78 is 256. The van der Waals surface area contributed by atoms with Crippen molar-refractivity contribution in [2.75, 3.05) is 0 Å². The van der Waals surface area contributed by atoms with Crippen molar-refractivity contribution in [3.05, 3.63) is 128 Å². The fraction of sp³-hybridized carbons (Fsp3) is 0.314. The number of rotatable bonds is 14. The molecule has 4 aromatic carbocycles. The smallest absolute Gasteiger partial charge is 0.429 e. The molecule has 0 bridgehead atoms. The van der Waals surface area contributed by atoms with Crippen LogP contribution >= 0.6 is 0 Å². The highest BCUT2D eigenvalue weighted by Gasteiger charge is 2.45. The van der Waals surface area contributed by atoms with E-state index in [4.69, 9.17) is 0 Å². The Labute approximate surface area is 298 Å². The number of hydrogen-bond donors (Lipinski definition) is 0. The lowest BCUT2D eigenvalue weighted by atomic mass is 10.0. The number of benzene rings is 4. The van der Waals surface area contributed by atoms with Crippen molar-refractivity contribution in [3.8, 4) is 11.5 Å². The highest BCUT2D eigenvalue weighted by Crippen LogP contribution is 2.41. The Morgan fingerprint density at radius 1 is 0.327 bits per heavy atom. The van der Waals surface area contributed by atoms with E-state index in [1.54, 1.807) is 0 Å². The molecule has 0 atom stereocenters. The van der Waals surface area contributed by atoms with Crippen molar-refractivity contribution in [2.24, 2.45) is 0 Å². The van der Waals surface area contributed by atoms with Crippen LogP contribution in [0, 0.1) is 46.5 Å². The van der Waals surface area contributed by atoms with Crippen LogP contribution in [0.3, 0.4) is 0 Å². The molecule has 20 heteroatoms. The Bertz CT molecular complexity index is 1780. The summed E-state index contributed by atoms with van der Waals surface area (Å²) in [4.78, 5) is 0. The van der Waals surface area contributed by atoms with Gasteiger partial charge in [-0.3, -0.25) is 0 Å². The van der Waals surface area contributed by atoms with Crippen molar-refractivity contribution in [3.63, 3.8) is 0 Å². The maximum absolute atomic E-state index is 14.6. The Hall–Kier alpha value is -4.78. The molecule has 0 spiro atoms. The van der Waals surface area contributed by atoms with Crippen LogP contribution in [0.25, 0.3) is 0 Å². The maximum atomic E-state index is 14.6. The third kappa shape index (κ3) is 10.3. The van der Waals surface area contributed by atoms with E-state index in [0.29, 0.717) is 43.5 Å². The monoisotopic (exact) mass is 816 g/mol. The molecule has 0 aromatic heterocycles. The molecule has 0 amide bonds. The molecular weight excluding hydrogens is 794 g/mol. The second kappa shape index (κ2) is 16.1. The highest BCUT2D eigenvalue weighted by atomic mass is 19.4. The molecule has 0 heterocycles. The lowest BCUT2D eigenvalue weighted by Crippen LogP contribution is -2.26. The lowest BCUT2D eigenvalue weighted by molar-refractivity contribution is -0.190. The minimum absolute atomic E-state index is 0.0597. The van der Waals surface area contributed by atoms with E-state index in [2.05, 4.69) is 9.47 Å². The summed E-state index contributed by atoms with van der Waals surface area (Å²) in [6.45, 7) is 0. The van der Waals surface area contributed by atoms with Crippen LogP contribution in [0.5, 0.6) is 11.5 Å². The standard InChI is InChI=1S/C35H22F18O2/c36-20-8-16(9-21(37)30(20)34(50,51)54-18-12-24(40)28(25(41)13-18)32(44,45)46)6-4-2-1-3-5-7-17-10-22(38)31(23(39)11-17)35(52,53)55-19-14-26(42)29(27(43)15-19)33(47,48)49/h8-15H,1-7H2. The quantitative estimate of drug-likeness (QED) is 0.0932. The summed E-state index contributed by atoms with van der Waals surface area (Å²) in [5.41, 5.74) is -8.99. The van der Waals surface area contributed by atoms with Gasteiger partial charge in [0.25, 0.3) is 0 Å².